The van der Waals surface area contributed by atoms with E-state index >= 15 is 0 Å². The van der Waals surface area contributed by atoms with Crippen LogP contribution in [0.3, 0.4) is 0 Å². The zero-order valence-corrected chi connectivity index (χ0v) is 22.6. The minimum Gasteiger partial charge on any atom is -0.394 e. The molecular formula is C22H38N7O6P. The Morgan fingerprint density at radius 2 is 2.00 bits per heavy atom. The lowest BCUT2D eigenvalue weighted by Crippen LogP contribution is -2.40. The van der Waals surface area contributed by atoms with Crippen LogP contribution in [0.5, 0.6) is 0 Å². The Labute approximate surface area is 212 Å². The first-order chi connectivity index (χ1) is 17.3. The Morgan fingerprint density at radius 1 is 1.25 bits per heavy atom. The van der Waals surface area contributed by atoms with Gasteiger partial charge in [0.05, 0.1) is 26.0 Å². The lowest BCUT2D eigenvalue weighted by atomic mass is 10.0. The summed E-state index contributed by atoms with van der Waals surface area (Å²) in [4.78, 5) is 8.32. The van der Waals surface area contributed by atoms with Crippen LogP contribution >= 0.6 is 8.53 Å². The third kappa shape index (κ3) is 6.46. The van der Waals surface area contributed by atoms with Crippen molar-refractivity contribution < 1.29 is 28.5 Å². The molecule has 1 aliphatic heterocycles. The fraction of sp³-hybridized carbons (Fsp3) is 0.727. The van der Waals surface area contributed by atoms with Crippen molar-refractivity contribution in [3.8, 4) is 0 Å². The van der Waals surface area contributed by atoms with Gasteiger partial charge in [0, 0.05) is 31.0 Å². The second-order valence-electron chi connectivity index (χ2n) is 8.83. The number of rotatable bonds is 14. The maximum atomic E-state index is 10.3. The number of ether oxygens (including phenoxy) is 3. The number of fused-ring (bicyclic) bond motifs is 1. The first kappa shape index (κ1) is 28.6. The second-order valence-corrected chi connectivity index (χ2v) is 10.1. The van der Waals surface area contributed by atoms with Crippen LogP contribution in [0.25, 0.3) is 5.65 Å². The fourth-order valence-corrected chi connectivity index (χ4v) is 5.69. The molecular weight excluding hydrogens is 489 g/mol. The summed E-state index contributed by atoms with van der Waals surface area (Å²) < 4.78 is 33.7. The number of hydrogen-bond donors (Lipinski definition) is 2. The van der Waals surface area contributed by atoms with Gasteiger partial charge >= 0.3 is 8.53 Å². The number of hydrogen-bond acceptors (Lipinski definition) is 12. The van der Waals surface area contributed by atoms with Crippen LogP contribution in [-0.2, 0) is 23.4 Å². The molecule has 2 aromatic heterocycles. The molecule has 0 saturated carbocycles. The van der Waals surface area contributed by atoms with E-state index in [0.29, 0.717) is 24.4 Å². The zero-order chi connectivity index (χ0) is 26.2. The molecule has 5 atom stereocenters. The van der Waals surface area contributed by atoms with Gasteiger partial charge in [-0.2, -0.15) is 9.61 Å². The first-order valence-electron chi connectivity index (χ1n) is 12.1. The van der Waals surface area contributed by atoms with Crippen LogP contribution in [0.15, 0.2) is 17.7 Å². The quantitative estimate of drug-likeness (QED) is 0.161. The molecule has 5 unspecified atom stereocenters. The van der Waals surface area contributed by atoms with Crippen LogP contribution in [0.4, 0.5) is 5.95 Å². The van der Waals surface area contributed by atoms with E-state index < -0.39 is 32.9 Å². The second kappa shape index (κ2) is 13.5. The highest BCUT2D eigenvalue weighted by Gasteiger charge is 2.50. The van der Waals surface area contributed by atoms with Crippen molar-refractivity contribution in [1.29, 1.82) is 0 Å². The first-order valence-corrected chi connectivity index (χ1v) is 13.2. The Hall–Kier alpha value is -1.99. The smallest absolute Gasteiger partial charge is 0.347 e. The third-order valence-corrected chi connectivity index (χ3v) is 7.54. The number of nitrogens with two attached hydrogens (primary N) is 1. The van der Waals surface area contributed by atoms with E-state index in [4.69, 9.17) is 29.1 Å². The topological polar surface area (TPSA) is 151 Å². The van der Waals surface area contributed by atoms with Gasteiger partial charge in [0.25, 0.3) is 0 Å². The van der Waals surface area contributed by atoms with E-state index in [1.807, 2.05) is 6.92 Å². The molecule has 36 heavy (non-hydrogen) atoms. The van der Waals surface area contributed by atoms with Crippen LogP contribution in [0.1, 0.15) is 52.7 Å². The highest BCUT2D eigenvalue weighted by atomic mass is 31.2. The number of aliphatic hydroxyl groups is 1. The number of aromatic nitrogens is 4. The van der Waals surface area contributed by atoms with E-state index in [0.717, 1.165) is 6.42 Å². The average Bonchev–Trinajstić information content (AvgIpc) is 3.41. The number of nitrogens with zero attached hydrogens (tertiary/aromatic N) is 6. The number of aliphatic hydroxyl groups excluding tert-OH is 1. The molecule has 0 aliphatic carbocycles. The van der Waals surface area contributed by atoms with E-state index in [2.05, 4.69) is 52.6 Å². The summed E-state index contributed by atoms with van der Waals surface area (Å²) in [5.74, 6) is 0.197. The summed E-state index contributed by atoms with van der Waals surface area (Å²) in [5, 5.41) is 18.7. The molecule has 0 aromatic carbocycles. The van der Waals surface area contributed by atoms with Crippen LogP contribution in [0.2, 0.25) is 0 Å². The molecule has 1 aliphatic rings. The number of anilines is 1. The Bertz CT molecular complexity index is 970. The van der Waals surface area contributed by atoms with Crippen LogP contribution in [-0.4, -0.2) is 92.9 Å². The molecule has 0 spiro atoms. The largest absolute Gasteiger partial charge is 0.394 e. The minimum atomic E-state index is -1.65. The van der Waals surface area contributed by atoms with Gasteiger partial charge in [0.2, 0.25) is 5.95 Å². The number of nitrogen functional groups attached to an aromatic ring is 1. The van der Waals surface area contributed by atoms with Gasteiger partial charge in [-0.3, -0.25) is 0 Å². The molecule has 14 heteroatoms. The summed E-state index contributed by atoms with van der Waals surface area (Å²) in [6, 6.07) is 0.233. The normalized spacial score (nSPS) is 23.6. The summed E-state index contributed by atoms with van der Waals surface area (Å²) in [5.41, 5.74) is 7.10. The van der Waals surface area contributed by atoms with Crippen molar-refractivity contribution in [3.63, 3.8) is 0 Å². The number of methoxy groups -OCH3 is 1. The highest BCUT2D eigenvalue weighted by molar-refractivity contribution is 7.44. The molecule has 202 valence electrons. The molecule has 3 N–H and O–H groups in total. The standard InChI is InChI=1S/C22H38N7O6P/c1-7-8-27-35-36(29(14(2)3)15(4)5)34-19-17(12-30)33-18(20(19)32-10-9-31-6)16-11-26-28-21(16)24-13-25-22(28)23/h8,11,13-15,17-20,30H,7,9-10,12H2,1-6H3,(H2,23,24,25)/b27-8+. The van der Waals surface area contributed by atoms with Gasteiger partial charge < -0.3 is 34.2 Å². The summed E-state index contributed by atoms with van der Waals surface area (Å²) in [6.45, 7) is 10.6. The van der Waals surface area contributed by atoms with Crippen LogP contribution < -0.4 is 5.73 Å². The molecule has 3 heterocycles. The Balaban J connectivity index is 1.98. The third-order valence-electron chi connectivity index (χ3n) is 5.59. The molecule has 0 amide bonds. The molecule has 2 aromatic rings. The molecule has 13 nitrogen and oxygen atoms in total. The van der Waals surface area contributed by atoms with Crippen molar-refractivity contribution in [3.05, 3.63) is 18.1 Å². The number of oxime groups is 1. The SMILES string of the molecule is CC/C=N/OP(OC1C(CO)OC(c2cnn3c(N)ncnc23)C1OCCOC)N(C(C)C)C(C)C. The lowest BCUT2D eigenvalue weighted by Gasteiger charge is -2.36. The predicted molar refractivity (Wildman–Crippen MR) is 135 cm³/mol. The summed E-state index contributed by atoms with van der Waals surface area (Å²) in [6.07, 6.45) is 2.77. The molecule has 3 rings (SSSR count). The molecule has 1 fully saturated rings. The Kier molecular flexibility index (Phi) is 10.7. The predicted octanol–water partition coefficient (Wildman–Crippen LogP) is 2.31. The fourth-order valence-electron chi connectivity index (χ4n) is 4.09. The van der Waals surface area contributed by atoms with Gasteiger partial charge in [-0.25, -0.2) is 14.6 Å². The summed E-state index contributed by atoms with van der Waals surface area (Å²) in [7, 11) is -0.0522. The van der Waals surface area contributed by atoms with Crippen molar-refractivity contribution in [2.75, 3.05) is 32.7 Å². The summed E-state index contributed by atoms with van der Waals surface area (Å²) >= 11 is 0. The average molecular weight is 528 g/mol. The van der Waals surface area contributed by atoms with E-state index in [-0.39, 0.29) is 24.6 Å². The van der Waals surface area contributed by atoms with Gasteiger partial charge in [0.15, 0.2) is 5.65 Å². The maximum Gasteiger partial charge on any atom is 0.347 e. The maximum absolute atomic E-state index is 10.3. The van der Waals surface area contributed by atoms with Crippen molar-refractivity contribution in [1.82, 2.24) is 24.3 Å². The van der Waals surface area contributed by atoms with Crippen molar-refractivity contribution in [2.45, 2.75) is 77.5 Å². The zero-order valence-electron chi connectivity index (χ0n) is 21.7. The van der Waals surface area contributed by atoms with Gasteiger partial charge in [0.1, 0.15) is 30.7 Å². The van der Waals surface area contributed by atoms with E-state index in [1.165, 1.54) is 10.8 Å². The minimum absolute atomic E-state index is 0.116. The van der Waals surface area contributed by atoms with Crippen molar-refractivity contribution in [2.24, 2.45) is 5.16 Å². The van der Waals surface area contributed by atoms with E-state index in [1.54, 1.807) is 19.5 Å². The van der Waals surface area contributed by atoms with Gasteiger partial charge in [-0.1, -0.05) is 12.1 Å². The monoisotopic (exact) mass is 527 g/mol. The lowest BCUT2D eigenvalue weighted by molar-refractivity contribution is -0.0504. The Morgan fingerprint density at radius 3 is 2.64 bits per heavy atom. The van der Waals surface area contributed by atoms with Gasteiger partial charge in [-0.15, -0.1) is 0 Å². The molecule has 1 saturated heterocycles. The molecule has 0 bridgehead atoms. The van der Waals surface area contributed by atoms with Gasteiger partial charge in [-0.05, 0) is 34.1 Å². The molecule has 0 radical (unpaired) electrons. The van der Waals surface area contributed by atoms with Crippen molar-refractivity contribution >= 4 is 26.3 Å². The van der Waals surface area contributed by atoms with Crippen LogP contribution in [0, 0.1) is 0 Å². The highest BCUT2D eigenvalue weighted by Crippen LogP contribution is 2.51. The van der Waals surface area contributed by atoms with E-state index in [9.17, 15) is 5.11 Å².